The maximum absolute atomic E-state index is 13.2. The van der Waals surface area contributed by atoms with E-state index in [1.165, 1.54) is 4.90 Å². The number of methoxy groups -OCH3 is 1. The molecule has 1 atom stereocenters. The molecular weight excluding hydrogens is 410 g/mol. The van der Waals surface area contributed by atoms with Crippen LogP contribution in [0.3, 0.4) is 0 Å². The second-order valence-corrected chi connectivity index (χ2v) is 8.50. The van der Waals surface area contributed by atoms with E-state index in [-0.39, 0.29) is 12.5 Å². The van der Waals surface area contributed by atoms with Crippen LogP contribution in [0.5, 0.6) is 5.75 Å². The molecule has 1 aliphatic heterocycles. The maximum Gasteiger partial charge on any atom is 0.327 e. The highest BCUT2D eigenvalue weighted by molar-refractivity contribution is 6.09. The van der Waals surface area contributed by atoms with Crippen LogP contribution in [0.1, 0.15) is 49.5 Å². The van der Waals surface area contributed by atoms with E-state index in [1.807, 2.05) is 35.9 Å². The van der Waals surface area contributed by atoms with E-state index in [0.717, 1.165) is 29.7 Å². The summed E-state index contributed by atoms with van der Waals surface area (Å²) in [7, 11) is 5.10. The van der Waals surface area contributed by atoms with E-state index in [1.54, 1.807) is 26.6 Å². The first-order chi connectivity index (χ1) is 15.4. The van der Waals surface area contributed by atoms with Gasteiger partial charge in [0.1, 0.15) is 29.7 Å². The molecule has 1 N–H and O–H groups in total. The molecule has 32 heavy (non-hydrogen) atoms. The van der Waals surface area contributed by atoms with E-state index in [4.69, 9.17) is 4.74 Å². The molecule has 0 unspecified atom stereocenters. The van der Waals surface area contributed by atoms with Crippen molar-refractivity contribution in [3.8, 4) is 5.75 Å². The summed E-state index contributed by atoms with van der Waals surface area (Å²) in [4.78, 5) is 46.1. The molecule has 1 aromatic heterocycles. The van der Waals surface area contributed by atoms with Crippen molar-refractivity contribution in [2.75, 3.05) is 20.7 Å². The fraction of sp³-hybridized carbons (Fsp3) is 0.478. The van der Waals surface area contributed by atoms with Crippen molar-refractivity contribution >= 4 is 17.8 Å². The predicted molar refractivity (Wildman–Crippen MR) is 117 cm³/mol. The molecule has 9 heteroatoms. The number of imide groups is 1. The Hall–Kier alpha value is -3.36. The van der Waals surface area contributed by atoms with Crippen LogP contribution in [-0.2, 0) is 16.6 Å². The second-order valence-electron chi connectivity index (χ2n) is 8.50. The summed E-state index contributed by atoms with van der Waals surface area (Å²) in [5, 5.41) is 2.96. The molecule has 2 aliphatic rings. The smallest absolute Gasteiger partial charge is 0.327 e. The fourth-order valence-corrected chi connectivity index (χ4v) is 4.77. The lowest BCUT2D eigenvalue weighted by atomic mass is 9.81. The predicted octanol–water partition coefficient (Wildman–Crippen LogP) is 2.23. The van der Waals surface area contributed by atoms with Gasteiger partial charge in [-0.05, 0) is 30.5 Å². The molecule has 2 fully saturated rings. The molecule has 4 rings (SSSR count). The summed E-state index contributed by atoms with van der Waals surface area (Å²) in [5.74, 6) is 0.658. The number of hydrogen-bond donors (Lipinski definition) is 1. The van der Waals surface area contributed by atoms with Gasteiger partial charge in [0.2, 0.25) is 5.91 Å². The van der Waals surface area contributed by atoms with Gasteiger partial charge in [-0.2, -0.15) is 0 Å². The van der Waals surface area contributed by atoms with E-state index >= 15 is 0 Å². The zero-order chi connectivity index (χ0) is 22.9. The number of nitrogens with zero attached hydrogens (tertiary/aromatic N) is 4. The number of carbonyl (C=O) groups excluding carboxylic acids is 3. The summed E-state index contributed by atoms with van der Waals surface area (Å²) in [5.41, 5.74) is 0.0124. The molecule has 1 aliphatic carbocycles. The van der Waals surface area contributed by atoms with Crippen molar-refractivity contribution in [1.82, 2.24) is 24.7 Å². The summed E-state index contributed by atoms with van der Waals surface area (Å²) >= 11 is 0. The normalized spacial score (nSPS) is 18.8. The first kappa shape index (κ1) is 21.9. The maximum atomic E-state index is 13.2. The second kappa shape index (κ2) is 8.64. The molecule has 2 aromatic rings. The number of ether oxygens (including phenoxy) is 1. The average Bonchev–Trinajstić information content (AvgIpc) is 3.31. The van der Waals surface area contributed by atoms with E-state index in [0.29, 0.717) is 24.4 Å². The molecule has 1 spiro atoms. The monoisotopic (exact) mass is 439 g/mol. The van der Waals surface area contributed by atoms with Gasteiger partial charge in [0, 0.05) is 26.5 Å². The molecule has 1 saturated carbocycles. The summed E-state index contributed by atoms with van der Waals surface area (Å²) in [6.07, 6.45) is 7.62. The van der Waals surface area contributed by atoms with Crippen LogP contribution in [0.25, 0.3) is 0 Å². The van der Waals surface area contributed by atoms with Crippen LogP contribution in [0.4, 0.5) is 4.79 Å². The van der Waals surface area contributed by atoms with Gasteiger partial charge in [-0.15, -0.1) is 0 Å². The Kier molecular flexibility index (Phi) is 5.90. The van der Waals surface area contributed by atoms with Crippen LogP contribution in [0.15, 0.2) is 36.7 Å². The van der Waals surface area contributed by atoms with Gasteiger partial charge in [-0.3, -0.25) is 14.5 Å². The minimum atomic E-state index is -0.801. The Labute approximate surface area is 187 Å². The van der Waals surface area contributed by atoms with Gasteiger partial charge in [-0.1, -0.05) is 31.4 Å². The Bertz CT molecular complexity index is 1010. The minimum absolute atomic E-state index is 0.266. The number of urea groups is 1. The lowest BCUT2D eigenvalue weighted by Gasteiger charge is -2.35. The van der Waals surface area contributed by atoms with Gasteiger partial charge in [0.05, 0.1) is 7.11 Å². The van der Waals surface area contributed by atoms with Gasteiger partial charge < -0.3 is 19.5 Å². The van der Waals surface area contributed by atoms with Crippen LogP contribution in [0.2, 0.25) is 0 Å². The first-order valence-corrected chi connectivity index (χ1v) is 10.9. The van der Waals surface area contributed by atoms with E-state index in [9.17, 15) is 14.4 Å². The lowest BCUT2D eigenvalue weighted by Crippen LogP contribution is -2.49. The SMILES string of the molecule is COc1ccc([C@@H](NC(=O)CN2C(=O)N(C)C3(CCCCC3)C2=O)c2nccn2C)cc1. The number of benzene rings is 1. The number of aromatic nitrogens is 2. The number of hydrogen-bond acceptors (Lipinski definition) is 5. The van der Waals surface area contributed by atoms with Crippen LogP contribution in [0, 0.1) is 0 Å². The van der Waals surface area contributed by atoms with Crippen LogP contribution in [-0.4, -0.2) is 63.4 Å². The standard InChI is InChI=1S/C23H29N5O4/c1-26-14-13-24-20(26)19(16-7-9-17(32-3)10-8-16)25-18(29)15-28-21(30)23(27(2)22(28)31)11-5-4-6-12-23/h7-10,13-14,19H,4-6,11-12,15H2,1-3H3,(H,25,29)/t19-/m1/s1. The van der Waals surface area contributed by atoms with Crippen molar-refractivity contribution in [1.29, 1.82) is 0 Å². The number of aryl methyl sites for hydroxylation is 1. The third-order valence-electron chi connectivity index (χ3n) is 6.66. The molecule has 0 radical (unpaired) electrons. The lowest BCUT2D eigenvalue weighted by molar-refractivity contribution is -0.137. The quantitative estimate of drug-likeness (QED) is 0.697. The molecule has 170 valence electrons. The highest BCUT2D eigenvalue weighted by Crippen LogP contribution is 2.39. The third-order valence-corrected chi connectivity index (χ3v) is 6.66. The molecule has 0 bridgehead atoms. The molecule has 4 amide bonds. The molecule has 1 saturated heterocycles. The largest absolute Gasteiger partial charge is 0.497 e. The Balaban J connectivity index is 1.54. The highest BCUT2D eigenvalue weighted by Gasteiger charge is 2.55. The van der Waals surface area contributed by atoms with Gasteiger partial charge >= 0.3 is 6.03 Å². The molecule has 1 aromatic carbocycles. The number of nitrogens with one attached hydrogen (secondary N) is 1. The molecule has 2 heterocycles. The summed E-state index contributed by atoms with van der Waals surface area (Å²) < 4.78 is 7.05. The van der Waals surface area contributed by atoms with Crippen LogP contribution >= 0.6 is 0 Å². The van der Waals surface area contributed by atoms with Gasteiger partial charge in [0.25, 0.3) is 5.91 Å². The Morgan fingerprint density at radius 3 is 2.44 bits per heavy atom. The number of rotatable bonds is 6. The number of carbonyl (C=O) groups is 3. The minimum Gasteiger partial charge on any atom is -0.497 e. The number of amides is 4. The topological polar surface area (TPSA) is 96.8 Å². The Morgan fingerprint density at radius 2 is 1.84 bits per heavy atom. The Morgan fingerprint density at radius 1 is 1.16 bits per heavy atom. The molecular formula is C23H29N5O4. The van der Waals surface area contributed by atoms with Gasteiger partial charge in [-0.25, -0.2) is 9.78 Å². The van der Waals surface area contributed by atoms with Crippen molar-refractivity contribution in [3.05, 3.63) is 48.0 Å². The third kappa shape index (κ3) is 3.72. The van der Waals surface area contributed by atoms with Crippen LogP contribution < -0.4 is 10.1 Å². The van der Waals surface area contributed by atoms with Crippen molar-refractivity contribution in [2.24, 2.45) is 7.05 Å². The van der Waals surface area contributed by atoms with Crippen molar-refractivity contribution < 1.29 is 19.1 Å². The summed E-state index contributed by atoms with van der Waals surface area (Å²) in [6, 6.07) is 6.39. The number of likely N-dealkylation sites (N-methyl/N-ethyl adjacent to an activating group) is 1. The van der Waals surface area contributed by atoms with Crippen molar-refractivity contribution in [3.63, 3.8) is 0 Å². The zero-order valence-electron chi connectivity index (χ0n) is 18.7. The van der Waals surface area contributed by atoms with E-state index in [2.05, 4.69) is 10.3 Å². The average molecular weight is 440 g/mol. The molecule has 9 nitrogen and oxygen atoms in total. The first-order valence-electron chi connectivity index (χ1n) is 10.9. The van der Waals surface area contributed by atoms with Crippen molar-refractivity contribution in [2.45, 2.75) is 43.7 Å². The van der Waals surface area contributed by atoms with E-state index < -0.39 is 23.5 Å². The highest BCUT2D eigenvalue weighted by atomic mass is 16.5. The zero-order valence-corrected chi connectivity index (χ0v) is 18.7. The summed E-state index contributed by atoms with van der Waals surface area (Å²) in [6.45, 7) is -0.319. The fourth-order valence-electron chi connectivity index (χ4n) is 4.77. The number of imidazole rings is 1. The van der Waals surface area contributed by atoms with Gasteiger partial charge in [0.15, 0.2) is 0 Å².